The topological polar surface area (TPSA) is 108 Å². The maximum Gasteiger partial charge on any atom is 0.114 e. The highest BCUT2D eigenvalue weighted by Crippen LogP contribution is 2.32. The van der Waals surface area contributed by atoms with E-state index in [1.165, 1.54) is 31.3 Å². The minimum Gasteiger partial charge on any atom is -0.397 e. The van der Waals surface area contributed by atoms with Crippen molar-refractivity contribution in [3.05, 3.63) is 101 Å². The highest BCUT2D eigenvalue weighted by Gasteiger charge is 2.23. The highest BCUT2D eigenvalue weighted by atomic mass is 15.0. The van der Waals surface area contributed by atoms with Crippen LogP contribution in [0.4, 0.5) is 5.69 Å². The zero-order valence-corrected chi connectivity index (χ0v) is 26.2. The predicted molar refractivity (Wildman–Crippen MR) is 179 cm³/mol. The molecule has 5 rings (SSSR count). The van der Waals surface area contributed by atoms with E-state index < -0.39 is 0 Å². The number of aromatic nitrogens is 4. The van der Waals surface area contributed by atoms with Crippen LogP contribution in [0.25, 0.3) is 11.3 Å². The number of rotatable bonds is 11. The molecule has 43 heavy (non-hydrogen) atoms. The molecule has 1 fully saturated rings. The molecule has 3 heterocycles. The molecule has 1 saturated carbocycles. The first-order valence-corrected chi connectivity index (χ1v) is 15.7. The number of nitrogens with two attached hydrogens (primary N) is 1. The minimum absolute atomic E-state index is 0.172. The zero-order valence-electron chi connectivity index (χ0n) is 26.2. The Kier molecular flexibility index (Phi) is 9.61. The van der Waals surface area contributed by atoms with Gasteiger partial charge in [-0.2, -0.15) is 0 Å². The van der Waals surface area contributed by atoms with Crippen molar-refractivity contribution in [2.24, 2.45) is 17.8 Å². The number of allylic oxidation sites excluding steroid dienone is 5. The Morgan fingerprint density at radius 3 is 2.81 bits per heavy atom. The van der Waals surface area contributed by atoms with Crippen molar-refractivity contribution in [2.45, 2.75) is 66.2 Å². The van der Waals surface area contributed by atoms with Crippen molar-refractivity contribution in [1.29, 1.82) is 5.41 Å². The first kappa shape index (κ1) is 30.5. The molecule has 0 aromatic carbocycles. The maximum absolute atomic E-state index is 9.23. The Bertz CT molecular complexity index is 1560. The van der Waals surface area contributed by atoms with Gasteiger partial charge in [0.15, 0.2) is 0 Å². The second-order valence-electron chi connectivity index (χ2n) is 12.6. The van der Waals surface area contributed by atoms with E-state index in [2.05, 4.69) is 71.5 Å². The summed E-state index contributed by atoms with van der Waals surface area (Å²) in [4.78, 5) is 13.0. The van der Waals surface area contributed by atoms with Crippen LogP contribution in [-0.4, -0.2) is 38.3 Å². The smallest absolute Gasteiger partial charge is 0.114 e. The summed E-state index contributed by atoms with van der Waals surface area (Å²) < 4.78 is 2.08. The predicted octanol–water partition coefficient (Wildman–Crippen LogP) is 7.32. The summed E-state index contributed by atoms with van der Waals surface area (Å²) in [6, 6.07) is 5.90. The summed E-state index contributed by atoms with van der Waals surface area (Å²) in [5.41, 5.74) is 15.8. The summed E-state index contributed by atoms with van der Waals surface area (Å²) in [6.45, 7) is 14.4. The van der Waals surface area contributed by atoms with Gasteiger partial charge in [0.2, 0.25) is 0 Å². The molecule has 2 aliphatic carbocycles. The number of aromatic amines is 1. The molecular weight excluding hydrogens is 530 g/mol. The lowest BCUT2D eigenvalue weighted by atomic mass is 10.0. The molecule has 0 unspecified atom stereocenters. The number of fused-ring (bicyclic) bond motifs is 1. The molecule has 2 aliphatic rings. The highest BCUT2D eigenvalue weighted by molar-refractivity contribution is 6.12. The van der Waals surface area contributed by atoms with E-state index in [4.69, 9.17) is 10.7 Å². The molecule has 0 aliphatic heterocycles. The van der Waals surface area contributed by atoms with Crippen LogP contribution >= 0.6 is 0 Å². The number of imidazole rings is 1. The fourth-order valence-corrected chi connectivity index (χ4v) is 6.20. The van der Waals surface area contributed by atoms with Gasteiger partial charge in [-0.15, -0.1) is 6.58 Å². The Balaban J connectivity index is 1.43. The number of hydrogen-bond acceptors (Lipinski definition) is 5. The molecule has 2 atom stereocenters. The number of aryl methyl sites for hydroxylation is 1. The van der Waals surface area contributed by atoms with E-state index in [0.29, 0.717) is 23.0 Å². The largest absolute Gasteiger partial charge is 0.397 e. The van der Waals surface area contributed by atoms with Crippen molar-refractivity contribution < 1.29 is 0 Å². The van der Waals surface area contributed by atoms with E-state index in [1.54, 1.807) is 0 Å². The number of hydrogen-bond donors (Lipinski definition) is 4. The molecule has 0 amide bonds. The summed E-state index contributed by atoms with van der Waals surface area (Å²) >= 11 is 0. The van der Waals surface area contributed by atoms with Crippen LogP contribution in [0.5, 0.6) is 0 Å². The van der Waals surface area contributed by atoms with Crippen LogP contribution < -0.4 is 11.1 Å². The van der Waals surface area contributed by atoms with Crippen LogP contribution in [0, 0.1) is 30.1 Å². The van der Waals surface area contributed by atoms with Gasteiger partial charge in [-0.1, -0.05) is 56.6 Å². The SMILES string of the molecule is C=C[C@H](C)/C=C(\C=C(/C)CNCC1CCCC1)c1ccc(N)c(C(=N)c2cc3c([nH]2)C[C@H](C)CC=C3n2cnc(C)c2)n1. The van der Waals surface area contributed by atoms with Crippen molar-refractivity contribution in [3.8, 4) is 0 Å². The van der Waals surface area contributed by atoms with Crippen LogP contribution in [0.15, 0.2) is 67.2 Å². The van der Waals surface area contributed by atoms with E-state index in [9.17, 15) is 5.41 Å². The van der Waals surface area contributed by atoms with Crippen LogP contribution in [0.2, 0.25) is 0 Å². The number of pyridine rings is 1. The lowest BCUT2D eigenvalue weighted by Crippen LogP contribution is -2.22. The van der Waals surface area contributed by atoms with Gasteiger partial charge < -0.3 is 20.6 Å². The maximum atomic E-state index is 9.23. The number of nitrogen functional groups attached to an aromatic ring is 1. The molecule has 0 saturated heterocycles. The Labute approximate surface area is 256 Å². The van der Waals surface area contributed by atoms with Gasteiger partial charge in [-0.25, -0.2) is 9.97 Å². The van der Waals surface area contributed by atoms with Gasteiger partial charge in [0, 0.05) is 24.0 Å². The van der Waals surface area contributed by atoms with Crippen LogP contribution in [-0.2, 0) is 6.42 Å². The van der Waals surface area contributed by atoms with Gasteiger partial charge in [0.05, 0.1) is 34.8 Å². The molecule has 0 radical (unpaired) electrons. The van der Waals surface area contributed by atoms with E-state index in [1.807, 2.05) is 37.7 Å². The second kappa shape index (κ2) is 13.6. The van der Waals surface area contributed by atoms with Crippen molar-refractivity contribution in [1.82, 2.24) is 24.8 Å². The Morgan fingerprint density at radius 1 is 1.30 bits per heavy atom. The van der Waals surface area contributed by atoms with Crippen LogP contribution in [0.3, 0.4) is 0 Å². The molecular formula is C36H47N7. The quantitative estimate of drug-likeness (QED) is 0.109. The van der Waals surface area contributed by atoms with E-state index in [0.717, 1.165) is 65.8 Å². The van der Waals surface area contributed by atoms with Crippen LogP contribution in [0.1, 0.15) is 86.9 Å². The first-order valence-electron chi connectivity index (χ1n) is 15.7. The average Bonchev–Trinajstić information content (AvgIpc) is 3.73. The van der Waals surface area contributed by atoms with E-state index >= 15 is 0 Å². The molecule has 3 aromatic rings. The summed E-state index contributed by atoms with van der Waals surface area (Å²) in [7, 11) is 0. The van der Waals surface area contributed by atoms with Gasteiger partial charge in [-0.05, 0) is 87.6 Å². The second-order valence-corrected chi connectivity index (χ2v) is 12.6. The summed E-state index contributed by atoms with van der Waals surface area (Å²) in [6.07, 6.45) is 19.8. The number of nitrogens with one attached hydrogen (secondary N) is 3. The molecule has 0 spiro atoms. The fraction of sp³-hybridized carbons (Fsp3) is 0.417. The third-order valence-corrected chi connectivity index (χ3v) is 8.69. The fourth-order valence-electron chi connectivity index (χ4n) is 6.20. The normalized spacial score (nSPS) is 18.7. The zero-order chi connectivity index (χ0) is 30.5. The summed E-state index contributed by atoms with van der Waals surface area (Å²) in [5, 5.41) is 12.9. The molecule has 226 valence electrons. The van der Waals surface area contributed by atoms with Crippen molar-refractivity contribution >= 4 is 22.7 Å². The lowest BCUT2D eigenvalue weighted by molar-refractivity contribution is 0.502. The Hall–Kier alpha value is -3.97. The molecule has 0 bridgehead atoms. The third kappa shape index (κ3) is 7.34. The van der Waals surface area contributed by atoms with Gasteiger partial charge in [0.25, 0.3) is 0 Å². The number of H-pyrrole nitrogens is 1. The van der Waals surface area contributed by atoms with Crippen molar-refractivity contribution in [2.75, 3.05) is 18.8 Å². The first-order chi connectivity index (χ1) is 20.7. The number of nitrogens with zero attached hydrogens (tertiary/aromatic N) is 3. The number of anilines is 1. The van der Waals surface area contributed by atoms with E-state index in [-0.39, 0.29) is 11.6 Å². The van der Waals surface area contributed by atoms with Gasteiger partial charge in [0.1, 0.15) is 11.4 Å². The lowest BCUT2D eigenvalue weighted by Gasteiger charge is -2.13. The third-order valence-electron chi connectivity index (χ3n) is 8.69. The Morgan fingerprint density at radius 2 is 2.09 bits per heavy atom. The molecule has 7 heteroatoms. The molecule has 5 N–H and O–H groups in total. The van der Waals surface area contributed by atoms with Crippen molar-refractivity contribution in [3.63, 3.8) is 0 Å². The average molecular weight is 578 g/mol. The van der Waals surface area contributed by atoms with Gasteiger partial charge >= 0.3 is 0 Å². The minimum atomic E-state index is 0.172. The monoisotopic (exact) mass is 577 g/mol. The van der Waals surface area contributed by atoms with Gasteiger partial charge in [-0.3, -0.25) is 5.41 Å². The summed E-state index contributed by atoms with van der Waals surface area (Å²) in [5.74, 6) is 1.46. The molecule has 3 aromatic heterocycles. The standard InChI is InChI=1S/C36H47N7/c1-6-23(2)15-28(16-25(4)19-39-20-27-9-7-8-10-27)31-13-12-30(37)36(42-31)35(38)33-18-29-32(41-33)17-24(3)11-14-34(29)43-21-26(5)40-22-43/h6,12-16,18,21-24,27,38-39,41H,1,7-11,17,19-20,37H2,2-5H3/b25-16+,28-15+,38-35?/t23-,24+/m0/s1. The molecule has 7 nitrogen and oxygen atoms in total.